The third-order valence-electron chi connectivity index (χ3n) is 6.11. The van der Waals surface area contributed by atoms with Gasteiger partial charge in [-0.25, -0.2) is 13.4 Å². The van der Waals surface area contributed by atoms with E-state index in [-0.39, 0.29) is 17.2 Å². The van der Waals surface area contributed by atoms with Gasteiger partial charge in [0.25, 0.3) is 0 Å². The van der Waals surface area contributed by atoms with E-state index in [2.05, 4.69) is 20.5 Å². The zero-order valence-electron chi connectivity index (χ0n) is 18.8. The number of nitrogens with zero attached hydrogens (tertiary/aromatic N) is 4. The first-order chi connectivity index (χ1) is 16.4. The highest BCUT2D eigenvalue weighted by molar-refractivity contribution is 7.89. The molecular weight excluding hydrogens is 472 g/mol. The van der Waals surface area contributed by atoms with Crippen LogP contribution < -0.4 is 5.32 Å². The van der Waals surface area contributed by atoms with Crippen molar-refractivity contribution in [3.63, 3.8) is 0 Å². The number of aromatic amines is 1. The monoisotopic (exact) mass is 498 g/mol. The Balaban J connectivity index is 1.27. The summed E-state index contributed by atoms with van der Waals surface area (Å²) in [5, 5.41) is 11.9. The number of imidazole rings is 1. The summed E-state index contributed by atoms with van der Waals surface area (Å²) in [6.07, 6.45) is 3.51. The van der Waals surface area contributed by atoms with Gasteiger partial charge in [-0.1, -0.05) is 12.5 Å². The zero-order valence-corrected chi connectivity index (χ0v) is 20.5. The number of anilines is 1. The van der Waals surface area contributed by atoms with E-state index in [0.717, 1.165) is 41.2 Å². The number of carbonyl (C=O) groups is 1. The van der Waals surface area contributed by atoms with Crippen molar-refractivity contribution in [3.8, 4) is 10.6 Å². The molecule has 5 rings (SSSR count). The molecule has 1 aliphatic heterocycles. The number of aromatic nitrogens is 4. The van der Waals surface area contributed by atoms with Gasteiger partial charge in [0.05, 0.1) is 26.5 Å². The molecule has 0 bridgehead atoms. The van der Waals surface area contributed by atoms with Crippen molar-refractivity contribution in [2.75, 3.05) is 18.4 Å². The van der Waals surface area contributed by atoms with Gasteiger partial charge >= 0.3 is 0 Å². The number of nitrogens with one attached hydrogen (secondary N) is 2. The summed E-state index contributed by atoms with van der Waals surface area (Å²) in [6.45, 7) is 1.13. The van der Waals surface area contributed by atoms with Gasteiger partial charge in [-0.2, -0.15) is 9.40 Å². The fourth-order valence-corrected chi connectivity index (χ4v) is 6.47. The molecular formula is C23H26N6O3S2. The molecule has 0 atom stereocenters. The summed E-state index contributed by atoms with van der Waals surface area (Å²) >= 11 is 1.59. The van der Waals surface area contributed by atoms with Gasteiger partial charge in [0, 0.05) is 39.0 Å². The Hall–Kier alpha value is -3.02. The standard InChI is InChI=1S/C23H26N6O3S2/c1-28-19-8-7-16(34(31,32)29-11-3-2-4-12-29)14-17(19)24-22(28)9-10-23(30)25-21-15-18(26-27-21)20-6-5-13-33-20/h5-8,13-15H,2-4,9-12H2,1H3,(H2,25,26,27,30). The van der Waals surface area contributed by atoms with Gasteiger partial charge in [-0.05, 0) is 42.5 Å². The van der Waals surface area contributed by atoms with E-state index in [4.69, 9.17) is 0 Å². The molecule has 0 spiro atoms. The molecule has 1 aliphatic rings. The maximum Gasteiger partial charge on any atom is 0.243 e. The van der Waals surface area contributed by atoms with Crippen LogP contribution in [0.2, 0.25) is 0 Å². The highest BCUT2D eigenvalue weighted by atomic mass is 32.2. The van der Waals surface area contributed by atoms with E-state index in [1.165, 1.54) is 0 Å². The molecule has 3 aromatic heterocycles. The lowest BCUT2D eigenvalue weighted by atomic mass is 10.2. The second-order valence-corrected chi connectivity index (χ2v) is 11.3. The third-order valence-corrected chi connectivity index (χ3v) is 8.90. The normalized spacial score (nSPS) is 15.1. The van der Waals surface area contributed by atoms with E-state index in [1.807, 2.05) is 35.2 Å². The van der Waals surface area contributed by atoms with E-state index < -0.39 is 10.0 Å². The van der Waals surface area contributed by atoms with E-state index >= 15 is 0 Å². The van der Waals surface area contributed by atoms with E-state index in [9.17, 15) is 13.2 Å². The smallest absolute Gasteiger partial charge is 0.243 e. The zero-order chi connectivity index (χ0) is 23.7. The largest absolute Gasteiger partial charge is 0.331 e. The Morgan fingerprint density at radius 2 is 2.00 bits per heavy atom. The molecule has 0 unspecified atom stereocenters. The fourth-order valence-electron chi connectivity index (χ4n) is 4.24. The first-order valence-corrected chi connectivity index (χ1v) is 13.6. The Labute approximate surface area is 201 Å². The number of hydrogen-bond acceptors (Lipinski definition) is 6. The molecule has 0 aliphatic carbocycles. The average Bonchev–Trinajstić information content (AvgIpc) is 3.59. The molecule has 1 amide bonds. The predicted molar refractivity (Wildman–Crippen MR) is 132 cm³/mol. The minimum absolute atomic E-state index is 0.162. The van der Waals surface area contributed by atoms with Crippen LogP contribution in [0.3, 0.4) is 0 Å². The van der Waals surface area contributed by atoms with Crippen LogP contribution in [0.25, 0.3) is 21.6 Å². The van der Waals surface area contributed by atoms with Crippen LogP contribution >= 0.6 is 11.3 Å². The van der Waals surface area contributed by atoms with Gasteiger partial charge in [0.1, 0.15) is 5.82 Å². The summed E-state index contributed by atoms with van der Waals surface area (Å²) < 4.78 is 29.5. The molecule has 9 nitrogen and oxygen atoms in total. The number of hydrogen-bond donors (Lipinski definition) is 2. The number of benzene rings is 1. The predicted octanol–water partition coefficient (Wildman–Crippen LogP) is 3.77. The number of piperidine rings is 1. The SMILES string of the molecule is Cn1c(CCC(=O)Nc2cc(-c3cccs3)[nH]n2)nc2cc(S(=O)(=O)N3CCCCC3)ccc21. The van der Waals surface area contributed by atoms with Gasteiger partial charge in [0.15, 0.2) is 5.82 Å². The van der Waals surface area contributed by atoms with Crippen LogP contribution in [-0.4, -0.2) is 51.5 Å². The molecule has 4 aromatic rings. The quantitative estimate of drug-likeness (QED) is 0.403. The Kier molecular flexibility index (Phi) is 6.24. The molecule has 34 heavy (non-hydrogen) atoms. The Bertz CT molecular complexity index is 1420. The lowest BCUT2D eigenvalue weighted by molar-refractivity contribution is -0.116. The van der Waals surface area contributed by atoms with E-state index in [0.29, 0.717) is 30.8 Å². The van der Waals surface area contributed by atoms with Crippen molar-refractivity contribution < 1.29 is 13.2 Å². The molecule has 11 heteroatoms. The topological polar surface area (TPSA) is 113 Å². The van der Waals surface area contributed by atoms with Crippen molar-refractivity contribution in [1.82, 2.24) is 24.1 Å². The second-order valence-electron chi connectivity index (χ2n) is 8.39. The summed E-state index contributed by atoms with van der Waals surface area (Å²) in [5.41, 5.74) is 2.31. The van der Waals surface area contributed by atoms with Crippen LogP contribution in [0.15, 0.2) is 46.7 Å². The van der Waals surface area contributed by atoms with E-state index in [1.54, 1.807) is 33.8 Å². The average molecular weight is 499 g/mol. The minimum Gasteiger partial charge on any atom is -0.331 e. The molecule has 1 aromatic carbocycles. The maximum absolute atomic E-state index is 13.0. The molecule has 1 saturated heterocycles. The molecule has 0 radical (unpaired) electrons. The third kappa shape index (κ3) is 4.50. The van der Waals surface area contributed by atoms with Crippen molar-refractivity contribution in [3.05, 3.63) is 47.6 Å². The molecule has 0 saturated carbocycles. The molecule has 4 heterocycles. The second kappa shape index (κ2) is 9.32. The number of H-pyrrole nitrogens is 1. The maximum atomic E-state index is 13.0. The van der Waals surface area contributed by atoms with Gasteiger partial charge in [-0.3, -0.25) is 9.89 Å². The summed E-state index contributed by atoms with van der Waals surface area (Å²) in [5.74, 6) is 1.04. The lowest BCUT2D eigenvalue weighted by Crippen LogP contribution is -2.35. The van der Waals surface area contributed by atoms with Crippen molar-refractivity contribution in [2.45, 2.75) is 37.0 Å². The molecule has 1 fully saturated rings. The number of sulfonamides is 1. The number of thiophene rings is 1. The van der Waals surface area contributed by atoms with Crippen molar-refractivity contribution in [1.29, 1.82) is 0 Å². The Morgan fingerprint density at radius 1 is 1.18 bits per heavy atom. The highest BCUT2D eigenvalue weighted by Gasteiger charge is 2.26. The summed E-state index contributed by atoms with van der Waals surface area (Å²) in [7, 11) is -1.64. The molecule has 2 N–H and O–H groups in total. The van der Waals surface area contributed by atoms with Crippen molar-refractivity contribution >= 4 is 44.1 Å². The number of fused-ring (bicyclic) bond motifs is 1. The van der Waals surface area contributed by atoms with Crippen LogP contribution in [0.4, 0.5) is 5.82 Å². The number of rotatable bonds is 7. The first kappa shape index (κ1) is 22.8. The lowest BCUT2D eigenvalue weighted by Gasteiger charge is -2.25. The number of amides is 1. The first-order valence-electron chi connectivity index (χ1n) is 11.3. The van der Waals surface area contributed by atoms with Crippen LogP contribution in [-0.2, 0) is 28.3 Å². The van der Waals surface area contributed by atoms with Crippen LogP contribution in [0, 0.1) is 0 Å². The van der Waals surface area contributed by atoms with Crippen LogP contribution in [0.5, 0.6) is 0 Å². The van der Waals surface area contributed by atoms with Crippen LogP contribution in [0.1, 0.15) is 31.5 Å². The number of aryl methyl sites for hydroxylation is 2. The fraction of sp³-hybridized carbons (Fsp3) is 0.348. The minimum atomic E-state index is -3.52. The van der Waals surface area contributed by atoms with Gasteiger partial charge < -0.3 is 9.88 Å². The molecule has 178 valence electrons. The Morgan fingerprint density at radius 3 is 2.76 bits per heavy atom. The number of carbonyl (C=O) groups excluding carboxylic acids is 1. The van der Waals surface area contributed by atoms with Gasteiger partial charge in [0.2, 0.25) is 15.9 Å². The van der Waals surface area contributed by atoms with Gasteiger partial charge in [-0.15, -0.1) is 11.3 Å². The van der Waals surface area contributed by atoms with Crippen molar-refractivity contribution in [2.24, 2.45) is 7.05 Å². The summed E-state index contributed by atoms with van der Waals surface area (Å²) in [4.78, 5) is 18.4. The highest BCUT2D eigenvalue weighted by Crippen LogP contribution is 2.26. The summed E-state index contributed by atoms with van der Waals surface area (Å²) in [6, 6.07) is 10.8.